The lowest BCUT2D eigenvalue weighted by atomic mass is 9.77. The third-order valence-corrected chi connectivity index (χ3v) is 9.73. The number of halogens is 3. The molecule has 142 valence electrons. The van der Waals surface area contributed by atoms with Crippen LogP contribution in [0.3, 0.4) is 0 Å². The first-order valence-electron chi connectivity index (χ1n) is 8.83. The van der Waals surface area contributed by atoms with Crippen molar-refractivity contribution in [1.82, 2.24) is 0 Å². The third kappa shape index (κ3) is 2.11. The Morgan fingerprint density at radius 3 is 2.65 bits per heavy atom. The molecule has 3 aliphatic rings. The second-order valence-corrected chi connectivity index (χ2v) is 9.84. The van der Waals surface area contributed by atoms with Crippen LogP contribution >= 0.6 is 10.8 Å². The van der Waals surface area contributed by atoms with E-state index in [4.69, 9.17) is 5.26 Å². The van der Waals surface area contributed by atoms with Gasteiger partial charge in [0.15, 0.2) is 0 Å². The van der Waals surface area contributed by atoms with Gasteiger partial charge in [0, 0.05) is 12.5 Å². The van der Waals surface area contributed by atoms with Gasteiger partial charge in [-0.1, -0.05) is 6.92 Å². The predicted molar refractivity (Wildman–Crippen MR) is 93.7 cm³/mol. The van der Waals surface area contributed by atoms with Gasteiger partial charge in [-0.25, -0.2) is 0 Å². The van der Waals surface area contributed by atoms with Gasteiger partial charge in [0.1, 0.15) is 0 Å². The van der Waals surface area contributed by atoms with Gasteiger partial charge in [-0.05, 0) is 55.7 Å². The van der Waals surface area contributed by atoms with E-state index in [0.29, 0.717) is 18.9 Å². The van der Waals surface area contributed by atoms with E-state index in [9.17, 15) is 22.3 Å². The van der Waals surface area contributed by atoms with Crippen LogP contribution in [0, 0.1) is 29.1 Å². The number of hydrogen-bond donors (Lipinski definition) is 2. The Labute approximate surface area is 152 Å². The van der Waals surface area contributed by atoms with Gasteiger partial charge >= 0.3 is 6.18 Å². The molecule has 26 heavy (non-hydrogen) atoms. The van der Waals surface area contributed by atoms with Crippen LogP contribution < -0.4 is 4.31 Å². The fourth-order valence-electron chi connectivity index (χ4n) is 5.76. The van der Waals surface area contributed by atoms with E-state index in [2.05, 4.69) is 0 Å². The summed E-state index contributed by atoms with van der Waals surface area (Å²) in [6.45, 7) is 2.31. The molecular formula is C18H21F3N2O2S. The van der Waals surface area contributed by atoms with Crippen LogP contribution in [0.15, 0.2) is 18.2 Å². The maximum atomic E-state index is 13.3. The summed E-state index contributed by atoms with van der Waals surface area (Å²) in [6.07, 6.45) is -1.05. The molecule has 2 N–H and O–H groups in total. The molecule has 0 amide bonds. The highest BCUT2D eigenvalue weighted by Crippen LogP contribution is 2.77. The van der Waals surface area contributed by atoms with E-state index in [-0.39, 0.29) is 17.5 Å². The molecule has 2 bridgehead atoms. The number of nitriles is 1. The van der Waals surface area contributed by atoms with E-state index in [0.717, 1.165) is 31.4 Å². The highest BCUT2D eigenvalue weighted by molar-refractivity contribution is 8.26. The van der Waals surface area contributed by atoms with Gasteiger partial charge in [0.2, 0.25) is 0 Å². The van der Waals surface area contributed by atoms with Crippen LogP contribution in [0.2, 0.25) is 0 Å². The van der Waals surface area contributed by atoms with Crippen molar-refractivity contribution in [3.63, 3.8) is 0 Å². The number of benzene rings is 1. The second kappa shape index (κ2) is 5.54. The molecule has 4 nitrogen and oxygen atoms in total. The largest absolute Gasteiger partial charge is 0.417 e. The molecule has 0 aromatic heterocycles. The number of anilines is 1. The van der Waals surface area contributed by atoms with E-state index >= 15 is 0 Å². The zero-order chi connectivity index (χ0) is 18.9. The first-order chi connectivity index (χ1) is 12.2. The number of alkyl halides is 3. The monoisotopic (exact) mass is 386 g/mol. The van der Waals surface area contributed by atoms with Gasteiger partial charge in [-0.15, -0.1) is 10.8 Å². The Hall–Kier alpha value is -1.43. The lowest BCUT2D eigenvalue weighted by Crippen LogP contribution is -2.44. The Kier molecular flexibility index (Phi) is 3.82. The van der Waals surface area contributed by atoms with Crippen molar-refractivity contribution in [3.8, 4) is 6.07 Å². The van der Waals surface area contributed by atoms with Crippen LogP contribution in [0.5, 0.6) is 0 Å². The van der Waals surface area contributed by atoms with Gasteiger partial charge in [-0.3, -0.25) is 13.4 Å². The SMILES string of the molecule is CC[C@]12[C@H]3CC[C@H](C3)[C@H]1CN(c1ccc(C#N)c(C(F)(F)F)c1)S2(O)O. The first-order valence-corrected chi connectivity index (χ1v) is 10.3. The molecule has 1 aliphatic heterocycles. The topological polar surface area (TPSA) is 67.5 Å². The normalized spacial score (nSPS) is 36.0. The molecule has 4 rings (SSSR count). The molecule has 2 aliphatic carbocycles. The van der Waals surface area contributed by atoms with Gasteiger partial charge in [0.05, 0.1) is 27.6 Å². The molecule has 1 aromatic rings. The maximum Gasteiger partial charge on any atom is 0.417 e. The minimum atomic E-state index is -4.67. The van der Waals surface area contributed by atoms with Crippen molar-refractivity contribution in [3.05, 3.63) is 29.3 Å². The summed E-state index contributed by atoms with van der Waals surface area (Å²) in [5, 5.41) is 8.97. The molecule has 4 atom stereocenters. The van der Waals surface area contributed by atoms with Crippen molar-refractivity contribution in [2.24, 2.45) is 17.8 Å². The van der Waals surface area contributed by atoms with Crippen molar-refractivity contribution >= 4 is 16.5 Å². The molecule has 1 heterocycles. The average molecular weight is 386 g/mol. The van der Waals surface area contributed by atoms with Gasteiger partial charge < -0.3 is 0 Å². The standard InChI is InChI=1S/C18H21F3N2O2S/c1-2-17-13-5-3-11(7-13)16(17)10-23(26(17,24)25)14-6-4-12(9-22)15(8-14)18(19,20)21/h4,6,8,11,13,16,24-25H,2-3,5,7,10H2,1H3/t11-,13+,16-,17+/m1/s1. The number of nitrogens with zero attached hydrogens (tertiary/aromatic N) is 2. The fourth-order valence-corrected chi connectivity index (χ4v) is 8.67. The Morgan fingerprint density at radius 1 is 1.35 bits per heavy atom. The summed E-state index contributed by atoms with van der Waals surface area (Å²) >= 11 is 0. The highest BCUT2D eigenvalue weighted by atomic mass is 32.3. The number of rotatable bonds is 2. The summed E-state index contributed by atoms with van der Waals surface area (Å²) in [7, 11) is -3.26. The van der Waals surface area contributed by atoms with Crippen molar-refractivity contribution in [2.75, 3.05) is 10.8 Å². The smallest absolute Gasteiger partial charge is 0.281 e. The molecule has 0 radical (unpaired) electrons. The van der Waals surface area contributed by atoms with Crippen LogP contribution in [-0.2, 0) is 6.18 Å². The van der Waals surface area contributed by atoms with Crippen molar-refractivity contribution in [2.45, 2.75) is 43.5 Å². The summed E-state index contributed by atoms with van der Waals surface area (Å²) < 4.78 is 63.1. The molecule has 1 aromatic carbocycles. The lowest BCUT2D eigenvalue weighted by molar-refractivity contribution is -0.137. The Balaban J connectivity index is 1.80. The minimum absolute atomic E-state index is 0.0984. The molecule has 3 fully saturated rings. The van der Waals surface area contributed by atoms with Gasteiger partial charge in [0.25, 0.3) is 0 Å². The first kappa shape index (κ1) is 18.0. The van der Waals surface area contributed by atoms with Crippen LogP contribution in [-0.4, -0.2) is 20.4 Å². The molecule has 0 unspecified atom stereocenters. The Morgan fingerprint density at radius 2 is 2.08 bits per heavy atom. The lowest BCUT2D eigenvalue weighted by Gasteiger charge is -2.53. The summed E-state index contributed by atoms with van der Waals surface area (Å²) in [6, 6.07) is 4.97. The van der Waals surface area contributed by atoms with E-state index in [1.54, 1.807) is 6.07 Å². The van der Waals surface area contributed by atoms with Gasteiger partial charge in [-0.2, -0.15) is 18.4 Å². The van der Waals surface area contributed by atoms with E-state index < -0.39 is 32.8 Å². The zero-order valence-electron chi connectivity index (χ0n) is 14.3. The quantitative estimate of drug-likeness (QED) is 0.728. The van der Waals surface area contributed by atoms with E-state index in [1.807, 2.05) is 6.92 Å². The van der Waals surface area contributed by atoms with Crippen LogP contribution in [0.25, 0.3) is 0 Å². The highest BCUT2D eigenvalue weighted by Gasteiger charge is 2.69. The van der Waals surface area contributed by atoms with Crippen LogP contribution in [0.1, 0.15) is 43.7 Å². The average Bonchev–Trinajstić information content (AvgIpc) is 3.23. The second-order valence-electron chi connectivity index (χ2n) is 7.60. The molecule has 2 saturated carbocycles. The van der Waals surface area contributed by atoms with Crippen molar-refractivity contribution < 1.29 is 22.3 Å². The number of fused-ring (bicyclic) bond motifs is 5. The van der Waals surface area contributed by atoms with E-state index in [1.165, 1.54) is 10.4 Å². The maximum absolute atomic E-state index is 13.3. The minimum Gasteiger partial charge on any atom is -0.281 e. The third-order valence-electron chi connectivity index (χ3n) is 6.81. The Bertz CT molecular complexity index is 792. The van der Waals surface area contributed by atoms with Crippen molar-refractivity contribution in [1.29, 1.82) is 5.26 Å². The predicted octanol–water partition coefficient (Wildman–Crippen LogP) is 5.26. The molecule has 0 spiro atoms. The zero-order valence-corrected chi connectivity index (χ0v) is 15.1. The molecule has 1 saturated heterocycles. The number of hydrogen-bond acceptors (Lipinski definition) is 4. The van der Waals surface area contributed by atoms with Crippen LogP contribution in [0.4, 0.5) is 18.9 Å². The summed E-state index contributed by atoms with van der Waals surface area (Å²) in [5.41, 5.74) is -1.35. The molecular weight excluding hydrogens is 365 g/mol. The summed E-state index contributed by atoms with van der Waals surface area (Å²) in [5.74, 6) is 0.732. The fraction of sp³-hybridized carbons (Fsp3) is 0.611. The molecule has 8 heteroatoms. The summed E-state index contributed by atoms with van der Waals surface area (Å²) in [4.78, 5) is 0.